The molecule has 3 N–H and O–H groups in total. The molecule has 0 unspecified atom stereocenters. The number of carbonyl (C=O) groups excluding carboxylic acids is 2. The predicted octanol–water partition coefficient (Wildman–Crippen LogP) is 2.80. The fourth-order valence-corrected chi connectivity index (χ4v) is 1.95. The van der Waals surface area contributed by atoms with Crippen LogP contribution < -0.4 is 11.1 Å². The van der Waals surface area contributed by atoms with Gasteiger partial charge in [-0.3, -0.25) is 9.59 Å². The van der Waals surface area contributed by atoms with E-state index < -0.39 is 5.91 Å². The number of amides is 2. The number of nitrogens with two attached hydrogens (primary N) is 1. The summed E-state index contributed by atoms with van der Waals surface area (Å²) >= 11 is 3.35. The largest absolute Gasteiger partial charge is 0.366 e. The number of halogens is 1. The van der Waals surface area contributed by atoms with Gasteiger partial charge in [-0.25, -0.2) is 0 Å². The minimum atomic E-state index is -0.560. The van der Waals surface area contributed by atoms with Crippen molar-refractivity contribution >= 4 is 33.4 Å². The Kier molecular flexibility index (Phi) is 3.97. The van der Waals surface area contributed by atoms with E-state index in [0.29, 0.717) is 16.8 Å². The maximum atomic E-state index is 12.1. The van der Waals surface area contributed by atoms with Gasteiger partial charge in [0.1, 0.15) is 0 Å². The zero-order valence-electron chi connectivity index (χ0n) is 9.89. The summed E-state index contributed by atoms with van der Waals surface area (Å²) < 4.78 is 0.786. The first kappa shape index (κ1) is 13.3. The molecule has 0 aliphatic carbocycles. The molecule has 0 saturated carbocycles. The van der Waals surface area contributed by atoms with Crippen LogP contribution in [0, 0.1) is 0 Å². The number of nitrogens with one attached hydrogen (secondary N) is 1. The molecule has 2 amide bonds. The minimum absolute atomic E-state index is 0.296. The van der Waals surface area contributed by atoms with Crippen molar-refractivity contribution in [2.24, 2.45) is 5.73 Å². The van der Waals surface area contributed by atoms with Crippen LogP contribution in [-0.4, -0.2) is 11.8 Å². The normalized spacial score (nSPS) is 9.95. The molecule has 2 rings (SSSR count). The Morgan fingerprint density at radius 3 is 2.37 bits per heavy atom. The molecule has 0 radical (unpaired) electrons. The maximum Gasteiger partial charge on any atom is 0.255 e. The van der Waals surface area contributed by atoms with Gasteiger partial charge in [-0.15, -0.1) is 0 Å². The van der Waals surface area contributed by atoms with Crippen LogP contribution in [0.4, 0.5) is 5.69 Å². The Morgan fingerprint density at radius 1 is 1.00 bits per heavy atom. The van der Waals surface area contributed by atoms with E-state index in [2.05, 4.69) is 21.2 Å². The second-order valence-electron chi connectivity index (χ2n) is 3.88. The Balaban J connectivity index is 2.23. The number of rotatable bonds is 3. The number of anilines is 1. The lowest BCUT2D eigenvalue weighted by Crippen LogP contribution is -2.15. The summed E-state index contributed by atoms with van der Waals surface area (Å²) in [7, 11) is 0. The van der Waals surface area contributed by atoms with E-state index in [1.807, 2.05) is 18.2 Å². The molecule has 2 aromatic rings. The Morgan fingerprint density at radius 2 is 1.68 bits per heavy atom. The molecule has 0 bridgehead atoms. The number of benzene rings is 2. The van der Waals surface area contributed by atoms with Crippen LogP contribution in [0.3, 0.4) is 0 Å². The number of hydrogen-bond donors (Lipinski definition) is 2. The van der Waals surface area contributed by atoms with Gasteiger partial charge in [0.15, 0.2) is 0 Å². The Hall–Kier alpha value is -2.14. The summed E-state index contributed by atoms with van der Waals surface area (Å²) in [6, 6.07) is 13.6. The monoisotopic (exact) mass is 318 g/mol. The SMILES string of the molecule is NC(=O)c1cccc(C(=O)Nc2ccccc2Br)c1. The van der Waals surface area contributed by atoms with Crippen LogP contribution in [0.2, 0.25) is 0 Å². The van der Waals surface area contributed by atoms with Crippen LogP contribution >= 0.6 is 15.9 Å². The lowest BCUT2D eigenvalue weighted by atomic mass is 10.1. The second-order valence-corrected chi connectivity index (χ2v) is 4.73. The van der Waals surface area contributed by atoms with Gasteiger partial charge in [-0.1, -0.05) is 18.2 Å². The molecule has 19 heavy (non-hydrogen) atoms. The van der Waals surface area contributed by atoms with E-state index in [9.17, 15) is 9.59 Å². The molecule has 2 aromatic carbocycles. The van der Waals surface area contributed by atoms with Gasteiger partial charge in [-0.2, -0.15) is 0 Å². The van der Waals surface area contributed by atoms with Crippen molar-refractivity contribution in [3.8, 4) is 0 Å². The van der Waals surface area contributed by atoms with Crippen LogP contribution in [0.15, 0.2) is 53.0 Å². The minimum Gasteiger partial charge on any atom is -0.366 e. The fraction of sp³-hybridized carbons (Fsp3) is 0. The molecule has 0 heterocycles. The van der Waals surface area contributed by atoms with Crippen LogP contribution in [0.25, 0.3) is 0 Å². The quantitative estimate of drug-likeness (QED) is 0.913. The smallest absolute Gasteiger partial charge is 0.255 e. The van der Waals surface area contributed by atoms with Gasteiger partial charge in [0.25, 0.3) is 5.91 Å². The summed E-state index contributed by atoms with van der Waals surface area (Å²) in [5.74, 6) is -0.856. The average molecular weight is 319 g/mol. The number of hydrogen-bond acceptors (Lipinski definition) is 2. The molecule has 0 spiro atoms. The fourth-order valence-electron chi connectivity index (χ4n) is 1.57. The van der Waals surface area contributed by atoms with Gasteiger partial charge < -0.3 is 11.1 Å². The van der Waals surface area contributed by atoms with Gasteiger partial charge in [0, 0.05) is 15.6 Å². The van der Waals surface area contributed by atoms with Gasteiger partial charge >= 0.3 is 0 Å². The van der Waals surface area contributed by atoms with Crippen LogP contribution in [0.1, 0.15) is 20.7 Å². The molecular formula is C14H11BrN2O2. The maximum absolute atomic E-state index is 12.1. The van der Waals surface area contributed by atoms with E-state index >= 15 is 0 Å². The van der Waals surface area contributed by atoms with Crippen molar-refractivity contribution in [3.63, 3.8) is 0 Å². The molecule has 4 nitrogen and oxygen atoms in total. The van der Waals surface area contributed by atoms with E-state index in [4.69, 9.17) is 5.73 Å². The van der Waals surface area contributed by atoms with Gasteiger partial charge in [-0.05, 0) is 46.3 Å². The molecule has 0 aliphatic rings. The van der Waals surface area contributed by atoms with E-state index in [0.717, 1.165) is 4.47 Å². The van der Waals surface area contributed by atoms with Crippen molar-refractivity contribution in [1.29, 1.82) is 0 Å². The van der Waals surface area contributed by atoms with E-state index in [1.54, 1.807) is 24.3 Å². The Bertz CT molecular complexity index is 641. The molecule has 0 fully saturated rings. The summed E-state index contributed by atoms with van der Waals surface area (Å²) in [6.07, 6.45) is 0. The summed E-state index contributed by atoms with van der Waals surface area (Å²) in [6.45, 7) is 0. The lowest BCUT2D eigenvalue weighted by Gasteiger charge is -2.07. The van der Waals surface area contributed by atoms with Crippen molar-refractivity contribution in [3.05, 3.63) is 64.1 Å². The molecule has 0 saturated heterocycles. The molecule has 0 aliphatic heterocycles. The second kappa shape index (κ2) is 5.67. The van der Waals surface area contributed by atoms with Gasteiger partial charge in [0.2, 0.25) is 5.91 Å². The molecule has 0 atom stereocenters. The lowest BCUT2D eigenvalue weighted by molar-refractivity contribution is 0.1000. The van der Waals surface area contributed by atoms with Crippen molar-refractivity contribution in [2.75, 3.05) is 5.32 Å². The predicted molar refractivity (Wildman–Crippen MR) is 77.1 cm³/mol. The standard InChI is InChI=1S/C14H11BrN2O2/c15-11-6-1-2-7-12(11)17-14(19)10-5-3-4-9(8-10)13(16)18/h1-8H,(H2,16,18)(H,17,19). The first-order valence-corrected chi connectivity index (χ1v) is 6.33. The van der Waals surface area contributed by atoms with Crippen molar-refractivity contribution < 1.29 is 9.59 Å². The number of carbonyl (C=O) groups is 2. The number of para-hydroxylation sites is 1. The summed E-state index contributed by atoms with van der Waals surface area (Å²) in [5, 5.41) is 2.75. The number of primary amides is 1. The topological polar surface area (TPSA) is 72.2 Å². The van der Waals surface area contributed by atoms with Crippen LogP contribution in [-0.2, 0) is 0 Å². The molecular weight excluding hydrogens is 308 g/mol. The van der Waals surface area contributed by atoms with Crippen LogP contribution in [0.5, 0.6) is 0 Å². The first-order chi connectivity index (χ1) is 9.08. The zero-order chi connectivity index (χ0) is 13.8. The van der Waals surface area contributed by atoms with Crippen molar-refractivity contribution in [1.82, 2.24) is 0 Å². The first-order valence-electron chi connectivity index (χ1n) is 5.53. The highest BCUT2D eigenvalue weighted by molar-refractivity contribution is 9.10. The third-order valence-corrected chi connectivity index (χ3v) is 3.22. The highest BCUT2D eigenvalue weighted by atomic mass is 79.9. The summed E-state index contributed by atoms with van der Waals surface area (Å²) in [4.78, 5) is 23.1. The molecule has 5 heteroatoms. The Labute approximate surface area is 118 Å². The van der Waals surface area contributed by atoms with E-state index in [-0.39, 0.29) is 5.91 Å². The van der Waals surface area contributed by atoms with Gasteiger partial charge in [0.05, 0.1) is 5.69 Å². The zero-order valence-corrected chi connectivity index (χ0v) is 11.5. The third-order valence-electron chi connectivity index (χ3n) is 2.53. The van der Waals surface area contributed by atoms with Crippen molar-refractivity contribution in [2.45, 2.75) is 0 Å². The molecule has 96 valence electrons. The summed E-state index contributed by atoms with van der Waals surface area (Å²) in [5.41, 5.74) is 6.53. The molecule has 0 aromatic heterocycles. The average Bonchev–Trinajstić information content (AvgIpc) is 2.41. The van der Waals surface area contributed by atoms with E-state index in [1.165, 1.54) is 6.07 Å². The highest BCUT2D eigenvalue weighted by Gasteiger charge is 2.09. The third kappa shape index (κ3) is 3.20. The highest BCUT2D eigenvalue weighted by Crippen LogP contribution is 2.21.